The molecule has 0 amide bonds. The quantitative estimate of drug-likeness (QED) is 0.468. The number of aromatic nitrogens is 2. The van der Waals surface area contributed by atoms with E-state index in [2.05, 4.69) is 57.3 Å². The van der Waals surface area contributed by atoms with E-state index in [9.17, 15) is 0 Å². The number of piperazine rings is 1. The summed E-state index contributed by atoms with van der Waals surface area (Å²) in [6.45, 7) is 6.14. The molecule has 0 N–H and O–H groups in total. The summed E-state index contributed by atoms with van der Waals surface area (Å²) in [5.41, 5.74) is 2.18. The highest BCUT2D eigenvalue weighted by atomic mass is 16.5. The number of nitrogens with zero attached hydrogens (tertiary/aromatic N) is 4. The van der Waals surface area contributed by atoms with Crippen molar-refractivity contribution in [2.75, 3.05) is 38.1 Å². The number of anilines is 1. The lowest BCUT2D eigenvalue weighted by atomic mass is 10.1. The molecule has 1 aliphatic rings. The summed E-state index contributed by atoms with van der Waals surface area (Å²) in [4.78, 5) is 9.35. The fraction of sp³-hybridized carbons (Fsp3) is 0.280. The predicted octanol–water partition coefficient (Wildman–Crippen LogP) is 4.78. The molecular weight excluding hydrogens is 388 g/mol. The Kier molecular flexibility index (Phi) is 5.30. The molecule has 0 aliphatic carbocycles. The van der Waals surface area contributed by atoms with Gasteiger partial charge in [-0.1, -0.05) is 53.7 Å². The molecule has 31 heavy (non-hydrogen) atoms. The van der Waals surface area contributed by atoms with E-state index in [1.165, 1.54) is 16.5 Å². The number of hydrogen-bond acceptors (Lipinski definition) is 6. The highest BCUT2D eigenvalue weighted by molar-refractivity contribution is 5.95. The number of hydrogen-bond donors (Lipinski definition) is 0. The predicted molar refractivity (Wildman–Crippen MR) is 122 cm³/mol. The molecule has 0 radical (unpaired) electrons. The molecule has 1 aliphatic heterocycles. The number of rotatable bonds is 5. The van der Waals surface area contributed by atoms with Crippen LogP contribution in [0.3, 0.4) is 0 Å². The van der Waals surface area contributed by atoms with E-state index in [1.54, 1.807) is 0 Å². The first-order valence-corrected chi connectivity index (χ1v) is 10.7. The van der Waals surface area contributed by atoms with Gasteiger partial charge < -0.3 is 19.1 Å². The van der Waals surface area contributed by atoms with Crippen molar-refractivity contribution >= 4 is 16.5 Å². The van der Waals surface area contributed by atoms with Gasteiger partial charge in [-0.3, -0.25) is 0 Å². The largest absolute Gasteiger partial charge is 0.481 e. The van der Waals surface area contributed by atoms with E-state index in [4.69, 9.17) is 9.26 Å². The maximum Gasteiger partial charge on any atom is 0.267 e. The first-order chi connectivity index (χ1) is 15.2. The van der Waals surface area contributed by atoms with Crippen LogP contribution in [0.15, 0.2) is 71.3 Å². The summed E-state index contributed by atoms with van der Waals surface area (Å²) in [5.74, 6) is 1.83. The van der Waals surface area contributed by atoms with Gasteiger partial charge in [0.1, 0.15) is 5.75 Å². The Balaban J connectivity index is 1.38. The van der Waals surface area contributed by atoms with E-state index in [-0.39, 0.29) is 6.10 Å². The first kappa shape index (κ1) is 19.6. The van der Waals surface area contributed by atoms with Crippen molar-refractivity contribution in [1.29, 1.82) is 0 Å². The van der Waals surface area contributed by atoms with Gasteiger partial charge in [-0.15, -0.1) is 0 Å². The molecule has 1 aromatic heterocycles. The van der Waals surface area contributed by atoms with Crippen LogP contribution in [0.2, 0.25) is 0 Å². The van der Waals surface area contributed by atoms with Crippen molar-refractivity contribution in [2.45, 2.75) is 13.0 Å². The van der Waals surface area contributed by atoms with Crippen LogP contribution in [0, 0.1) is 0 Å². The Hall–Kier alpha value is -3.38. The highest BCUT2D eigenvalue weighted by Crippen LogP contribution is 2.32. The molecule has 3 aromatic carbocycles. The lowest BCUT2D eigenvalue weighted by molar-refractivity contribution is 0.176. The van der Waals surface area contributed by atoms with Crippen LogP contribution in [-0.2, 0) is 0 Å². The van der Waals surface area contributed by atoms with Crippen molar-refractivity contribution in [3.8, 4) is 17.1 Å². The third-order valence-corrected chi connectivity index (χ3v) is 5.81. The van der Waals surface area contributed by atoms with Gasteiger partial charge in [0.25, 0.3) is 5.89 Å². The average molecular weight is 415 g/mol. The zero-order valence-electron chi connectivity index (χ0n) is 17.9. The molecule has 0 spiro atoms. The molecule has 1 fully saturated rings. The summed E-state index contributed by atoms with van der Waals surface area (Å²) in [5, 5.41) is 6.51. The minimum absolute atomic E-state index is 0.349. The number of ether oxygens (including phenoxy) is 1. The summed E-state index contributed by atoms with van der Waals surface area (Å²) < 4.78 is 11.7. The number of benzene rings is 3. The minimum atomic E-state index is -0.349. The normalized spacial score (nSPS) is 15.9. The summed E-state index contributed by atoms with van der Waals surface area (Å²) in [7, 11) is 2.18. The van der Waals surface area contributed by atoms with Gasteiger partial charge in [0.2, 0.25) is 5.82 Å². The first-order valence-electron chi connectivity index (χ1n) is 10.7. The Morgan fingerprint density at radius 2 is 1.74 bits per heavy atom. The van der Waals surface area contributed by atoms with Gasteiger partial charge in [-0.2, -0.15) is 4.98 Å². The zero-order chi connectivity index (χ0) is 21.2. The highest BCUT2D eigenvalue weighted by Gasteiger charge is 2.19. The number of fused-ring (bicyclic) bond motifs is 1. The topological polar surface area (TPSA) is 54.6 Å². The Bertz CT molecular complexity index is 1170. The van der Waals surface area contributed by atoms with Crippen LogP contribution in [0.5, 0.6) is 5.75 Å². The SMILES string of the molecule is CC(Oc1ccc2cccc(N3CCN(C)CC3)c2c1)c1nc(-c2ccccc2)no1. The molecule has 2 heterocycles. The van der Waals surface area contributed by atoms with Gasteiger partial charge in [0.15, 0.2) is 6.10 Å². The molecule has 158 valence electrons. The van der Waals surface area contributed by atoms with E-state index < -0.39 is 0 Å². The fourth-order valence-electron chi connectivity index (χ4n) is 3.99. The van der Waals surface area contributed by atoms with Crippen molar-refractivity contribution in [3.05, 3.63) is 72.6 Å². The second-order valence-corrected chi connectivity index (χ2v) is 8.03. The fourth-order valence-corrected chi connectivity index (χ4v) is 3.99. The van der Waals surface area contributed by atoms with Gasteiger partial charge in [0, 0.05) is 42.8 Å². The van der Waals surface area contributed by atoms with Crippen LogP contribution in [0.4, 0.5) is 5.69 Å². The third-order valence-electron chi connectivity index (χ3n) is 5.81. The molecule has 1 atom stereocenters. The second kappa shape index (κ2) is 8.40. The minimum Gasteiger partial charge on any atom is -0.481 e. The molecule has 6 nitrogen and oxygen atoms in total. The maximum atomic E-state index is 6.19. The van der Waals surface area contributed by atoms with Crippen LogP contribution < -0.4 is 9.64 Å². The van der Waals surface area contributed by atoms with Gasteiger partial charge in [-0.05, 0) is 37.6 Å². The van der Waals surface area contributed by atoms with Crippen LogP contribution in [0.1, 0.15) is 18.9 Å². The summed E-state index contributed by atoms with van der Waals surface area (Å²) >= 11 is 0. The monoisotopic (exact) mass is 414 g/mol. The standard InChI is InChI=1S/C25H26N4O2/c1-18(25-26-24(27-31-25)20-7-4-3-5-8-20)30-21-12-11-19-9-6-10-23(22(19)17-21)29-15-13-28(2)14-16-29/h3-12,17-18H,13-16H2,1-2H3. The molecule has 0 bridgehead atoms. The van der Waals surface area contributed by atoms with Crippen LogP contribution >= 0.6 is 0 Å². The molecule has 1 unspecified atom stereocenters. The van der Waals surface area contributed by atoms with Gasteiger partial charge in [-0.25, -0.2) is 0 Å². The summed E-state index contributed by atoms with van der Waals surface area (Å²) in [6, 6.07) is 22.5. The Morgan fingerprint density at radius 1 is 0.935 bits per heavy atom. The Morgan fingerprint density at radius 3 is 2.55 bits per heavy atom. The van der Waals surface area contributed by atoms with Crippen molar-refractivity contribution < 1.29 is 9.26 Å². The van der Waals surface area contributed by atoms with Gasteiger partial charge in [0.05, 0.1) is 0 Å². The van der Waals surface area contributed by atoms with E-state index in [0.29, 0.717) is 11.7 Å². The summed E-state index contributed by atoms with van der Waals surface area (Å²) in [6.07, 6.45) is -0.349. The number of likely N-dealkylation sites (N-methyl/N-ethyl adjacent to an activating group) is 1. The lowest BCUT2D eigenvalue weighted by Gasteiger charge is -2.34. The molecule has 6 heteroatoms. The molecule has 0 saturated carbocycles. The van der Waals surface area contributed by atoms with E-state index >= 15 is 0 Å². The smallest absolute Gasteiger partial charge is 0.267 e. The third kappa shape index (κ3) is 4.11. The van der Waals surface area contributed by atoms with Crippen molar-refractivity contribution in [3.63, 3.8) is 0 Å². The molecule has 1 saturated heterocycles. The van der Waals surface area contributed by atoms with E-state index in [1.807, 2.05) is 43.3 Å². The van der Waals surface area contributed by atoms with Crippen LogP contribution in [0.25, 0.3) is 22.2 Å². The average Bonchev–Trinajstić information content (AvgIpc) is 3.31. The Labute approximate surface area is 182 Å². The van der Waals surface area contributed by atoms with Gasteiger partial charge >= 0.3 is 0 Å². The lowest BCUT2D eigenvalue weighted by Crippen LogP contribution is -2.44. The maximum absolute atomic E-state index is 6.19. The molecule has 4 aromatic rings. The van der Waals surface area contributed by atoms with E-state index in [0.717, 1.165) is 37.5 Å². The van der Waals surface area contributed by atoms with Crippen molar-refractivity contribution in [1.82, 2.24) is 15.0 Å². The molecule has 5 rings (SSSR count). The second-order valence-electron chi connectivity index (χ2n) is 8.03. The zero-order valence-corrected chi connectivity index (χ0v) is 17.9. The van der Waals surface area contributed by atoms with Crippen molar-refractivity contribution in [2.24, 2.45) is 0 Å². The molecular formula is C25H26N4O2. The van der Waals surface area contributed by atoms with Crippen LogP contribution in [-0.4, -0.2) is 48.3 Å².